The van der Waals surface area contributed by atoms with E-state index in [1.165, 1.54) is 12.1 Å². The molecule has 1 aliphatic rings. The normalized spacial score (nSPS) is 16.4. The lowest BCUT2D eigenvalue weighted by atomic mass is 10.2. The summed E-state index contributed by atoms with van der Waals surface area (Å²) in [7, 11) is 0. The Morgan fingerprint density at radius 3 is 2.31 bits per heavy atom. The Balaban J connectivity index is 1.43. The van der Waals surface area contributed by atoms with Gasteiger partial charge in [0.05, 0.1) is 6.10 Å². The van der Waals surface area contributed by atoms with Crippen LogP contribution in [0.3, 0.4) is 0 Å². The van der Waals surface area contributed by atoms with Crippen molar-refractivity contribution in [1.29, 1.82) is 0 Å². The summed E-state index contributed by atoms with van der Waals surface area (Å²) in [5.41, 5.74) is 1.23. The SMILES string of the molecule is O=C(NCc1ccc(OCC(F)(F)F)cc1)c1ccc(OCC2CCCO2)cc1. The van der Waals surface area contributed by atoms with E-state index >= 15 is 0 Å². The third-order valence-electron chi connectivity index (χ3n) is 4.36. The lowest BCUT2D eigenvalue weighted by molar-refractivity contribution is -0.153. The summed E-state index contributed by atoms with van der Waals surface area (Å²) in [6, 6.07) is 12.9. The van der Waals surface area contributed by atoms with Gasteiger partial charge in [-0.05, 0) is 54.8 Å². The standard InChI is InChI=1S/C21H22F3NO4/c22-21(23,24)14-29-18-7-3-15(4-8-18)12-25-20(26)16-5-9-17(10-6-16)28-13-19-2-1-11-27-19/h3-10,19H,1-2,11-14H2,(H,25,26). The van der Waals surface area contributed by atoms with Crippen LogP contribution in [0.1, 0.15) is 28.8 Å². The minimum Gasteiger partial charge on any atom is -0.491 e. The number of hydrogen-bond donors (Lipinski definition) is 1. The van der Waals surface area contributed by atoms with Crippen molar-refractivity contribution in [3.8, 4) is 11.5 Å². The van der Waals surface area contributed by atoms with Crippen LogP contribution >= 0.6 is 0 Å². The first-order valence-electron chi connectivity index (χ1n) is 9.30. The zero-order valence-electron chi connectivity index (χ0n) is 15.7. The Kier molecular flexibility index (Phi) is 6.98. The number of benzene rings is 2. The highest BCUT2D eigenvalue weighted by Gasteiger charge is 2.28. The molecule has 0 aromatic heterocycles. The first-order valence-corrected chi connectivity index (χ1v) is 9.30. The molecule has 1 unspecified atom stereocenters. The van der Waals surface area contributed by atoms with Crippen LogP contribution in [-0.2, 0) is 11.3 Å². The van der Waals surface area contributed by atoms with Gasteiger partial charge in [-0.2, -0.15) is 13.2 Å². The van der Waals surface area contributed by atoms with E-state index in [2.05, 4.69) is 10.1 Å². The van der Waals surface area contributed by atoms with Crippen LogP contribution in [0.15, 0.2) is 48.5 Å². The van der Waals surface area contributed by atoms with E-state index in [0.29, 0.717) is 17.9 Å². The molecule has 0 radical (unpaired) electrons. The predicted molar refractivity (Wildman–Crippen MR) is 100 cm³/mol. The lowest BCUT2D eigenvalue weighted by Gasteiger charge is -2.12. The number of amides is 1. The average Bonchev–Trinajstić information content (AvgIpc) is 3.23. The molecule has 1 heterocycles. The molecular formula is C21H22F3NO4. The number of rotatable bonds is 8. The average molecular weight is 409 g/mol. The first kappa shape index (κ1) is 21.0. The molecule has 1 N–H and O–H groups in total. The smallest absolute Gasteiger partial charge is 0.422 e. The van der Waals surface area contributed by atoms with Crippen molar-refractivity contribution in [2.75, 3.05) is 19.8 Å². The highest BCUT2D eigenvalue weighted by molar-refractivity contribution is 5.94. The van der Waals surface area contributed by atoms with Crippen LogP contribution in [0.4, 0.5) is 13.2 Å². The van der Waals surface area contributed by atoms with Gasteiger partial charge in [-0.25, -0.2) is 0 Å². The van der Waals surface area contributed by atoms with Crippen molar-refractivity contribution < 1.29 is 32.2 Å². The summed E-state index contributed by atoms with van der Waals surface area (Å²) < 4.78 is 52.3. The summed E-state index contributed by atoms with van der Waals surface area (Å²) in [6.45, 7) is 0.177. The summed E-state index contributed by atoms with van der Waals surface area (Å²) in [5, 5.41) is 2.77. The molecule has 1 amide bonds. The molecule has 0 spiro atoms. The van der Waals surface area contributed by atoms with E-state index in [1.54, 1.807) is 36.4 Å². The molecule has 1 atom stereocenters. The fourth-order valence-electron chi connectivity index (χ4n) is 2.82. The molecule has 5 nitrogen and oxygen atoms in total. The number of nitrogens with one attached hydrogen (secondary N) is 1. The van der Waals surface area contributed by atoms with Gasteiger partial charge in [-0.15, -0.1) is 0 Å². The summed E-state index contributed by atoms with van der Waals surface area (Å²) >= 11 is 0. The maximum atomic E-state index is 12.3. The predicted octanol–water partition coefficient (Wildman–Crippen LogP) is 4.12. The fraction of sp³-hybridized carbons (Fsp3) is 0.381. The van der Waals surface area contributed by atoms with Crippen LogP contribution in [0.25, 0.3) is 0 Å². The first-order chi connectivity index (χ1) is 13.9. The molecule has 0 aliphatic carbocycles. The van der Waals surface area contributed by atoms with Crippen molar-refractivity contribution in [3.63, 3.8) is 0 Å². The Labute approximate surface area is 166 Å². The van der Waals surface area contributed by atoms with Gasteiger partial charge >= 0.3 is 6.18 Å². The van der Waals surface area contributed by atoms with Crippen LogP contribution in [0, 0.1) is 0 Å². The second-order valence-electron chi connectivity index (χ2n) is 6.70. The maximum Gasteiger partial charge on any atom is 0.422 e. The van der Waals surface area contributed by atoms with Crippen molar-refractivity contribution in [2.24, 2.45) is 0 Å². The van der Waals surface area contributed by atoms with E-state index in [0.717, 1.165) is 25.0 Å². The second-order valence-corrected chi connectivity index (χ2v) is 6.70. The van der Waals surface area contributed by atoms with Gasteiger partial charge in [0, 0.05) is 18.7 Å². The van der Waals surface area contributed by atoms with Crippen molar-refractivity contribution in [3.05, 3.63) is 59.7 Å². The highest BCUT2D eigenvalue weighted by Crippen LogP contribution is 2.19. The van der Waals surface area contributed by atoms with E-state index in [4.69, 9.17) is 9.47 Å². The van der Waals surface area contributed by atoms with Crippen molar-refractivity contribution in [1.82, 2.24) is 5.32 Å². The zero-order chi connectivity index (χ0) is 20.7. The number of hydrogen-bond acceptors (Lipinski definition) is 4. The minimum absolute atomic E-state index is 0.121. The van der Waals surface area contributed by atoms with Crippen LogP contribution in [0.2, 0.25) is 0 Å². The third-order valence-corrected chi connectivity index (χ3v) is 4.36. The monoisotopic (exact) mass is 409 g/mol. The number of alkyl halides is 3. The molecule has 8 heteroatoms. The number of halogens is 3. The molecule has 1 saturated heterocycles. The van der Waals surface area contributed by atoms with Gasteiger partial charge in [-0.3, -0.25) is 4.79 Å². The molecule has 156 valence electrons. The maximum absolute atomic E-state index is 12.3. The Morgan fingerprint density at radius 2 is 1.69 bits per heavy atom. The molecule has 29 heavy (non-hydrogen) atoms. The third kappa shape index (κ3) is 6.98. The van der Waals surface area contributed by atoms with Crippen LogP contribution < -0.4 is 14.8 Å². The second kappa shape index (κ2) is 9.65. The largest absolute Gasteiger partial charge is 0.491 e. The van der Waals surface area contributed by atoms with E-state index in [9.17, 15) is 18.0 Å². The molecule has 1 fully saturated rings. The fourth-order valence-corrected chi connectivity index (χ4v) is 2.82. The Bertz CT molecular complexity index is 785. The molecule has 0 bridgehead atoms. The minimum atomic E-state index is -4.38. The lowest BCUT2D eigenvalue weighted by Crippen LogP contribution is -2.22. The van der Waals surface area contributed by atoms with Gasteiger partial charge in [0.1, 0.15) is 18.1 Å². The van der Waals surface area contributed by atoms with Crippen molar-refractivity contribution >= 4 is 5.91 Å². The molecule has 0 saturated carbocycles. The number of carbonyl (C=O) groups excluding carboxylic acids is 1. The molecule has 2 aromatic rings. The van der Waals surface area contributed by atoms with Crippen molar-refractivity contribution in [2.45, 2.75) is 31.7 Å². The number of ether oxygens (including phenoxy) is 3. The van der Waals surface area contributed by atoms with Gasteiger partial charge in [0.25, 0.3) is 5.91 Å². The summed E-state index contributed by atoms with van der Waals surface area (Å²) in [6.07, 6.45) is -2.20. The zero-order valence-corrected chi connectivity index (χ0v) is 15.7. The van der Waals surface area contributed by atoms with Crippen LogP contribution in [-0.4, -0.2) is 38.0 Å². The van der Waals surface area contributed by atoms with Crippen LogP contribution in [0.5, 0.6) is 11.5 Å². The number of carbonyl (C=O) groups is 1. The highest BCUT2D eigenvalue weighted by atomic mass is 19.4. The molecule has 3 rings (SSSR count). The van der Waals surface area contributed by atoms with Gasteiger partial charge in [0.15, 0.2) is 6.61 Å². The summed E-state index contributed by atoms with van der Waals surface area (Å²) in [4.78, 5) is 12.3. The molecule has 1 aliphatic heterocycles. The molecular weight excluding hydrogens is 387 g/mol. The van der Waals surface area contributed by atoms with Gasteiger partial charge in [0.2, 0.25) is 0 Å². The Hall–Kier alpha value is -2.74. The van der Waals surface area contributed by atoms with Gasteiger partial charge < -0.3 is 19.5 Å². The quantitative estimate of drug-likeness (QED) is 0.713. The van der Waals surface area contributed by atoms with E-state index < -0.39 is 12.8 Å². The van der Waals surface area contributed by atoms with E-state index in [-0.39, 0.29) is 24.3 Å². The van der Waals surface area contributed by atoms with E-state index in [1.807, 2.05) is 0 Å². The summed E-state index contributed by atoms with van der Waals surface area (Å²) in [5.74, 6) is 0.538. The Morgan fingerprint density at radius 1 is 1.03 bits per heavy atom. The topological polar surface area (TPSA) is 56.8 Å². The molecule has 2 aromatic carbocycles. The van der Waals surface area contributed by atoms with Gasteiger partial charge in [-0.1, -0.05) is 12.1 Å².